The van der Waals surface area contributed by atoms with Crippen LogP contribution in [0.5, 0.6) is 0 Å². The van der Waals surface area contributed by atoms with Crippen LogP contribution in [0, 0.1) is 0 Å². The molecule has 0 aliphatic carbocycles. The van der Waals surface area contributed by atoms with Crippen LogP contribution in [0.1, 0.15) is 12.6 Å². The summed E-state index contributed by atoms with van der Waals surface area (Å²) < 4.78 is 0. The van der Waals surface area contributed by atoms with Crippen LogP contribution < -0.4 is 10.2 Å². The number of carbonyl (C=O) groups is 1. The number of amides is 1. The summed E-state index contributed by atoms with van der Waals surface area (Å²) in [5.74, 6) is -0.0937. The summed E-state index contributed by atoms with van der Waals surface area (Å²) in [6.45, 7) is 2.19. The Morgan fingerprint density at radius 2 is 2.00 bits per heavy atom. The van der Waals surface area contributed by atoms with Gasteiger partial charge < -0.3 is 10.2 Å². The molecule has 5 heteroatoms. The highest BCUT2D eigenvalue weighted by atomic mass is 32.1. The van der Waals surface area contributed by atoms with Crippen molar-refractivity contribution in [1.29, 1.82) is 0 Å². The number of hydrogen-bond acceptors (Lipinski definition) is 4. The molecule has 0 aliphatic rings. The second-order valence-electron chi connectivity index (χ2n) is 5.21. The van der Waals surface area contributed by atoms with E-state index in [0.29, 0.717) is 11.7 Å². The number of hydrogen-bond donors (Lipinski definition) is 1. The van der Waals surface area contributed by atoms with Gasteiger partial charge in [0.05, 0.1) is 12.2 Å². The summed E-state index contributed by atoms with van der Waals surface area (Å²) in [5.41, 5.74) is 2.09. The summed E-state index contributed by atoms with van der Waals surface area (Å²) in [7, 11) is 2.04. The van der Waals surface area contributed by atoms with Gasteiger partial charge in [-0.05, 0) is 22.9 Å². The Morgan fingerprint density at radius 1 is 1.23 bits per heavy atom. The molecule has 112 valence electrons. The lowest BCUT2D eigenvalue weighted by Crippen LogP contribution is -2.16. The second kappa shape index (κ2) is 6.15. The minimum absolute atomic E-state index is 0.0937. The van der Waals surface area contributed by atoms with Crippen LogP contribution in [0.4, 0.5) is 10.8 Å². The normalized spacial score (nSPS) is 10.6. The van der Waals surface area contributed by atoms with Gasteiger partial charge in [-0.3, -0.25) is 4.79 Å². The fourth-order valence-corrected chi connectivity index (χ4v) is 3.08. The van der Waals surface area contributed by atoms with Crippen molar-refractivity contribution in [2.45, 2.75) is 13.5 Å². The number of carbonyl (C=O) groups excluding carboxylic acids is 1. The Hall–Kier alpha value is -2.40. The number of anilines is 2. The molecule has 1 heterocycles. The highest BCUT2D eigenvalue weighted by Gasteiger charge is 2.07. The fourth-order valence-electron chi connectivity index (χ4n) is 2.34. The average Bonchev–Trinajstić information content (AvgIpc) is 2.93. The van der Waals surface area contributed by atoms with Gasteiger partial charge in [0.25, 0.3) is 0 Å². The summed E-state index contributed by atoms with van der Waals surface area (Å²) in [5, 5.41) is 7.80. The van der Waals surface area contributed by atoms with Crippen LogP contribution >= 0.6 is 11.3 Å². The number of benzene rings is 2. The zero-order valence-electron chi connectivity index (χ0n) is 12.5. The smallest absolute Gasteiger partial charge is 0.223 e. The van der Waals surface area contributed by atoms with Crippen molar-refractivity contribution in [2.75, 3.05) is 17.3 Å². The van der Waals surface area contributed by atoms with Gasteiger partial charge in [-0.2, -0.15) is 0 Å². The zero-order chi connectivity index (χ0) is 15.5. The number of fused-ring (bicyclic) bond motifs is 1. The van der Waals surface area contributed by atoms with E-state index in [1.54, 1.807) is 0 Å². The summed E-state index contributed by atoms with van der Waals surface area (Å²) >= 11 is 1.45. The Morgan fingerprint density at radius 3 is 2.77 bits per heavy atom. The minimum atomic E-state index is -0.0937. The van der Waals surface area contributed by atoms with Gasteiger partial charge in [0.2, 0.25) is 5.91 Å². The van der Waals surface area contributed by atoms with Gasteiger partial charge in [0, 0.05) is 25.0 Å². The lowest BCUT2D eigenvalue weighted by molar-refractivity contribution is -0.114. The molecule has 4 nitrogen and oxygen atoms in total. The molecule has 0 bridgehead atoms. The maximum atomic E-state index is 11.0. The third-order valence-electron chi connectivity index (χ3n) is 3.41. The highest BCUT2D eigenvalue weighted by molar-refractivity contribution is 7.13. The molecule has 3 rings (SSSR count). The van der Waals surface area contributed by atoms with Crippen LogP contribution in [0.2, 0.25) is 0 Å². The van der Waals surface area contributed by atoms with E-state index in [4.69, 9.17) is 0 Å². The molecular weight excluding hydrogens is 294 g/mol. The van der Waals surface area contributed by atoms with Crippen LogP contribution in [0.3, 0.4) is 0 Å². The minimum Gasteiger partial charge on any atom is -0.369 e. The molecule has 0 aliphatic heterocycles. The Balaban J connectivity index is 1.76. The molecule has 0 unspecified atom stereocenters. The van der Waals surface area contributed by atoms with Crippen molar-refractivity contribution < 1.29 is 4.79 Å². The third kappa shape index (κ3) is 3.26. The molecular formula is C17H17N3OS. The molecule has 22 heavy (non-hydrogen) atoms. The molecule has 0 saturated heterocycles. The first-order valence-electron chi connectivity index (χ1n) is 7.04. The number of thiazole rings is 1. The average molecular weight is 311 g/mol. The maximum absolute atomic E-state index is 11.0. The highest BCUT2D eigenvalue weighted by Crippen LogP contribution is 2.23. The quantitative estimate of drug-likeness (QED) is 0.795. The van der Waals surface area contributed by atoms with Crippen molar-refractivity contribution in [1.82, 2.24) is 4.98 Å². The Kier molecular flexibility index (Phi) is 4.06. The largest absolute Gasteiger partial charge is 0.369 e. The number of nitrogens with one attached hydrogen (secondary N) is 1. The predicted molar refractivity (Wildman–Crippen MR) is 92.5 cm³/mol. The van der Waals surface area contributed by atoms with Gasteiger partial charge >= 0.3 is 0 Å². The first-order chi connectivity index (χ1) is 10.6. The second-order valence-corrected chi connectivity index (χ2v) is 6.07. The third-order valence-corrected chi connectivity index (χ3v) is 4.21. The van der Waals surface area contributed by atoms with E-state index in [1.165, 1.54) is 29.0 Å². The van der Waals surface area contributed by atoms with Crippen molar-refractivity contribution >= 4 is 38.8 Å². The molecule has 0 fully saturated rings. The van der Waals surface area contributed by atoms with E-state index < -0.39 is 0 Å². The van der Waals surface area contributed by atoms with Crippen molar-refractivity contribution in [2.24, 2.45) is 0 Å². The Labute approximate surface area is 133 Å². The monoisotopic (exact) mass is 311 g/mol. The molecule has 1 amide bonds. The summed E-state index contributed by atoms with van der Waals surface area (Å²) in [6, 6.07) is 14.7. The Bertz CT molecular complexity index is 812. The van der Waals surface area contributed by atoms with E-state index >= 15 is 0 Å². The molecule has 3 aromatic rings. The lowest BCUT2D eigenvalue weighted by Gasteiger charge is -2.18. The van der Waals surface area contributed by atoms with Crippen molar-refractivity contribution in [3.63, 3.8) is 0 Å². The molecule has 0 radical (unpaired) electrons. The van der Waals surface area contributed by atoms with Gasteiger partial charge in [-0.15, -0.1) is 11.3 Å². The molecule has 0 atom stereocenters. The summed E-state index contributed by atoms with van der Waals surface area (Å²) in [4.78, 5) is 17.6. The molecule has 0 saturated carbocycles. The molecule has 2 aromatic carbocycles. The first-order valence-corrected chi connectivity index (χ1v) is 7.92. The van der Waals surface area contributed by atoms with E-state index in [9.17, 15) is 4.79 Å². The van der Waals surface area contributed by atoms with Gasteiger partial charge in [-0.1, -0.05) is 30.3 Å². The standard InChI is InChI=1S/C17H17N3OS/c1-12(21)18-17-19-15(11-22-17)10-20(2)16-8-7-13-5-3-4-6-14(13)9-16/h3-9,11H,10H2,1-2H3,(H,18,19,21). The zero-order valence-corrected chi connectivity index (χ0v) is 13.4. The van der Waals surface area contributed by atoms with Crippen LogP contribution in [0.15, 0.2) is 47.8 Å². The maximum Gasteiger partial charge on any atom is 0.223 e. The molecule has 1 aromatic heterocycles. The van der Waals surface area contributed by atoms with Gasteiger partial charge in [-0.25, -0.2) is 4.98 Å². The van der Waals surface area contributed by atoms with Gasteiger partial charge in [0.1, 0.15) is 0 Å². The number of nitrogens with zero attached hydrogens (tertiary/aromatic N) is 2. The van der Waals surface area contributed by atoms with Crippen molar-refractivity contribution in [3.05, 3.63) is 53.5 Å². The topological polar surface area (TPSA) is 45.2 Å². The van der Waals surface area contributed by atoms with Crippen LogP contribution in [0.25, 0.3) is 10.8 Å². The van der Waals surface area contributed by atoms with E-state index in [1.807, 2.05) is 24.6 Å². The van der Waals surface area contributed by atoms with E-state index in [0.717, 1.165) is 11.4 Å². The van der Waals surface area contributed by atoms with Crippen LogP contribution in [-0.4, -0.2) is 17.9 Å². The summed E-state index contributed by atoms with van der Waals surface area (Å²) in [6.07, 6.45) is 0. The SMILES string of the molecule is CC(=O)Nc1nc(CN(C)c2ccc3ccccc3c2)cs1. The molecule has 1 N–H and O–H groups in total. The van der Waals surface area contributed by atoms with E-state index in [2.05, 4.69) is 45.5 Å². The molecule has 0 spiro atoms. The van der Waals surface area contributed by atoms with Crippen molar-refractivity contribution in [3.8, 4) is 0 Å². The fraction of sp³-hybridized carbons (Fsp3) is 0.176. The van der Waals surface area contributed by atoms with Crippen LogP contribution in [-0.2, 0) is 11.3 Å². The number of aromatic nitrogens is 1. The lowest BCUT2D eigenvalue weighted by atomic mass is 10.1. The predicted octanol–water partition coefficient (Wildman–Crippen LogP) is 3.89. The van der Waals surface area contributed by atoms with Gasteiger partial charge in [0.15, 0.2) is 5.13 Å². The van der Waals surface area contributed by atoms with E-state index in [-0.39, 0.29) is 5.91 Å². The first kappa shape index (κ1) is 14.5. The number of rotatable bonds is 4.